The van der Waals surface area contributed by atoms with Crippen molar-refractivity contribution in [2.24, 2.45) is 5.73 Å². The van der Waals surface area contributed by atoms with Crippen LogP contribution in [0.3, 0.4) is 0 Å². The highest BCUT2D eigenvalue weighted by atomic mass is 15.1. The van der Waals surface area contributed by atoms with Crippen LogP contribution in [0, 0.1) is 6.92 Å². The summed E-state index contributed by atoms with van der Waals surface area (Å²) in [5.74, 6) is 0.477. The standard InChI is InChI=1S/C8H15N3/c1-6(3-4-9)8-5-7(2)10-11-8/h5-6H,3-4,9H2,1-2H3,(H,10,11). The van der Waals surface area contributed by atoms with E-state index in [0.29, 0.717) is 5.92 Å². The molecule has 1 unspecified atom stereocenters. The molecule has 0 spiro atoms. The van der Waals surface area contributed by atoms with Gasteiger partial charge in [0.2, 0.25) is 0 Å². The van der Waals surface area contributed by atoms with Crippen LogP contribution >= 0.6 is 0 Å². The van der Waals surface area contributed by atoms with Crippen LogP contribution in [0.1, 0.15) is 30.7 Å². The fraction of sp³-hybridized carbons (Fsp3) is 0.625. The molecule has 0 radical (unpaired) electrons. The summed E-state index contributed by atoms with van der Waals surface area (Å²) < 4.78 is 0. The molecule has 3 N–H and O–H groups in total. The van der Waals surface area contributed by atoms with Gasteiger partial charge in [0.05, 0.1) is 5.69 Å². The zero-order valence-corrected chi connectivity index (χ0v) is 7.09. The Bertz CT molecular complexity index is 217. The Labute approximate surface area is 67.0 Å². The third-order valence-electron chi connectivity index (χ3n) is 1.83. The van der Waals surface area contributed by atoms with E-state index in [2.05, 4.69) is 23.2 Å². The van der Waals surface area contributed by atoms with E-state index in [4.69, 9.17) is 5.73 Å². The largest absolute Gasteiger partial charge is 0.330 e. The van der Waals surface area contributed by atoms with Gasteiger partial charge in [-0.15, -0.1) is 0 Å². The number of hydrogen-bond donors (Lipinski definition) is 2. The van der Waals surface area contributed by atoms with E-state index in [-0.39, 0.29) is 0 Å². The highest BCUT2D eigenvalue weighted by Gasteiger charge is 2.06. The molecule has 0 aliphatic rings. The molecule has 11 heavy (non-hydrogen) atoms. The van der Waals surface area contributed by atoms with Crippen molar-refractivity contribution >= 4 is 0 Å². The van der Waals surface area contributed by atoms with Crippen LogP contribution in [-0.2, 0) is 0 Å². The van der Waals surface area contributed by atoms with Crippen molar-refractivity contribution in [1.82, 2.24) is 10.2 Å². The predicted octanol–water partition coefficient (Wildman–Crippen LogP) is 1.17. The van der Waals surface area contributed by atoms with Gasteiger partial charge in [0.15, 0.2) is 0 Å². The number of rotatable bonds is 3. The van der Waals surface area contributed by atoms with Gasteiger partial charge in [-0.25, -0.2) is 0 Å². The van der Waals surface area contributed by atoms with Crippen LogP contribution in [0.15, 0.2) is 6.07 Å². The molecule has 3 nitrogen and oxygen atoms in total. The zero-order valence-electron chi connectivity index (χ0n) is 7.09. The van der Waals surface area contributed by atoms with E-state index in [1.807, 2.05) is 6.92 Å². The maximum Gasteiger partial charge on any atom is 0.0653 e. The van der Waals surface area contributed by atoms with Gasteiger partial charge in [0, 0.05) is 11.6 Å². The fourth-order valence-electron chi connectivity index (χ4n) is 1.09. The van der Waals surface area contributed by atoms with Gasteiger partial charge in [0.25, 0.3) is 0 Å². The van der Waals surface area contributed by atoms with Crippen LogP contribution in [0.5, 0.6) is 0 Å². The van der Waals surface area contributed by atoms with Crippen molar-refractivity contribution in [2.45, 2.75) is 26.2 Å². The summed E-state index contributed by atoms with van der Waals surface area (Å²) in [4.78, 5) is 0. The lowest BCUT2D eigenvalue weighted by Gasteiger charge is -2.03. The van der Waals surface area contributed by atoms with Gasteiger partial charge in [0.1, 0.15) is 0 Å². The van der Waals surface area contributed by atoms with E-state index in [0.717, 1.165) is 24.4 Å². The second-order valence-corrected chi connectivity index (χ2v) is 2.95. The number of nitrogens with one attached hydrogen (secondary N) is 1. The summed E-state index contributed by atoms with van der Waals surface area (Å²) in [6.45, 7) is 4.88. The van der Waals surface area contributed by atoms with Crippen molar-refractivity contribution in [2.75, 3.05) is 6.54 Å². The van der Waals surface area contributed by atoms with E-state index in [1.54, 1.807) is 0 Å². The number of aromatic amines is 1. The number of nitrogens with two attached hydrogens (primary N) is 1. The van der Waals surface area contributed by atoms with Gasteiger partial charge in [-0.05, 0) is 26.0 Å². The highest BCUT2D eigenvalue weighted by Crippen LogP contribution is 2.15. The van der Waals surface area contributed by atoms with Crippen molar-refractivity contribution in [1.29, 1.82) is 0 Å². The van der Waals surface area contributed by atoms with Gasteiger partial charge >= 0.3 is 0 Å². The first-order valence-corrected chi connectivity index (χ1v) is 3.96. The Hall–Kier alpha value is -0.830. The predicted molar refractivity (Wildman–Crippen MR) is 45.4 cm³/mol. The molecule has 1 rings (SSSR count). The minimum Gasteiger partial charge on any atom is -0.330 e. The van der Waals surface area contributed by atoms with Crippen LogP contribution in [0.4, 0.5) is 0 Å². The molecule has 0 aromatic carbocycles. The van der Waals surface area contributed by atoms with Crippen LogP contribution in [0.2, 0.25) is 0 Å². The molecular weight excluding hydrogens is 138 g/mol. The van der Waals surface area contributed by atoms with Crippen molar-refractivity contribution < 1.29 is 0 Å². The fourth-order valence-corrected chi connectivity index (χ4v) is 1.09. The van der Waals surface area contributed by atoms with Crippen LogP contribution in [-0.4, -0.2) is 16.7 Å². The molecule has 0 saturated heterocycles. The lowest BCUT2D eigenvalue weighted by atomic mass is 10.0. The Kier molecular flexibility index (Phi) is 2.65. The third-order valence-corrected chi connectivity index (χ3v) is 1.83. The maximum absolute atomic E-state index is 5.44. The second kappa shape index (κ2) is 3.53. The monoisotopic (exact) mass is 153 g/mol. The van der Waals surface area contributed by atoms with Gasteiger partial charge in [-0.3, -0.25) is 5.10 Å². The molecule has 1 atom stereocenters. The maximum atomic E-state index is 5.44. The van der Waals surface area contributed by atoms with E-state index in [1.165, 1.54) is 0 Å². The molecule has 0 saturated carbocycles. The lowest BCUT2D eigenvalue weighted by molar-refractivity contribution is 0.667. The van der Waals surface area contributed by atoms with Gasteiger partial charge in [-0.2, -0.15) is 5.10 Å². The molecule has 0 aliphatic carbocycles. The number of hydrogen-bond acceptors (Lipinski definition) is 2. The Morgan fingerprint density at radius 1 is 1.73 bits per heavy atom. The number of aromatic nitrogens is 2. The Balaban J connectivity index is 2.60. The highest BCUT2D eigenvalue weighted by molar-refractivity contribution is 5.10. The average Bonchev–Trinajstić information content (AvgIpc) is 2.36. The molecular formula is C8H15N3. The molecule has 0 fully saturated rings. The second-order valence-electron chi connectivity index (χ2n) is 2.95. The van der Waals surface area contributed by atoms with Crippen LogP contribution in [0.25, 0.3) is 0 Å². The number of nitrogens with zero attached hydrogens (tertiary/aromatic N) is 1. The van der Waals surface area contributed by atoms with Crippen molar-refractivity contribution in [3.8, 4) is 0 Å². The van der Waals surface area contributed by atoms with E-state index in [9.17, 15) is 0 Å². The van der Waals surface area contributed by atoms with Gasteiger partial charge < -0.3 is 5.73 Å². The first-order chi connectivity index (χ1) is 5.24. The molecule has 62 valence electrons. The summed E-state index contributed by atoms with van der Waals surface area (Å²) >= 11 is 0. The minimum atomic E-state index is 0.477. The normalized spacial score (nSPS) is 13.4. The summed E-state index contributed by atoms with van der Waals surface area (Å²) in [6, 6.07) is 2.07. The quantitative estimate of drug-likeness (QED) is 0.685. The number of aryl methyl sites for hydroxylation is 1. The molecule has 1 aromatic rings. The van der Waals surface area contributed by atoms with Gasteiger partial charge in [-0.1, -0.05) is 6.92 Å². The Morgan fingerprint density at radius 3 is 2.91 bits per heavy atom. The lowest BCUT2D eigenvalue weighted by Crippen LogP contribution is -2.04. The molecule has 0 bridgehead atoms. The summed E-state index contributed by atoms with van der Waals surface area (Å²) in [7, 11) is 0. The molecule has 1 aromatic heterocycles. The minimum absolute atomic E-state index is 0.477. The van der Waals surface area contributed by atoms with E-state index >= 15 is 0 Å². The molecule has 3 heteroatoms. The topological polar surface area (TPSA) is 54.7 Å². The SMILES string of the molecule is Cc1cc(C(C)CCN)n[nH]1. The number of H-pyrrole nitrogens is 1. The molecule has 0 aliphatic heterocycles. The first kappa shape index (κ1) is 8.27. The third kappa shape index (κ3) is 2.05. The molecule has 0 amide bonds. The summed E-state index contributed by atoms with van der Waals surface area (Å²) in [6.07, 6.45) is 1.00. The van der Waals surface area contributed by atoms with E-state index < -0.39 is 0 Å². The van der Waals surface area contributed by atoms with Crippen LogP contribution < -0.4 is 5.73 Å². The summed E-state index contributed by atoms with van der Waals surface area (Å²) in [5, 5.41) is 7.07. The average molecular weight is 153 g/mol. The first-order valence-electron chi connectivity index (χ1n) is 3.96. The van der Waals surface area contributed by atoms with Crippen molar-refractivity contribution in [3.05, 3.63) is 17.5 Å². The smallest absolute Gasteiger partial charge is 0.0653 e. The Morgan fingerprint density at radius 2 is 2.45 bits per heavy atom. The zero-order chi connectivity index (χ0) is 8.27. The summed E-state index contributed by atoms with van der Waals surface area (Å²) in [5.41, 5.74) is 7.67. The molecule has 1 heterocycles. The van der Waals surface area contributed by atoms with Crippen molar-refractivity contribution in [3.63, 3.8) is 0 Å².